The minimum Gasteiger partial charge on any atom is -0.490 e. The van der Waals surface area contributed by atoms with Gasteiger partial charge in [-0.3, -0.25) is 4.79 Å². The van der Waals surface area contributed by atoms with Crippen LogP contribution in [-0.2, 0) is 11.3 Å². The quantitative estimate of drug-likeness (QED) is 0.532. The number of benzene rings is 1. The molecular formula is C17H26N2O2. The zero-order chi connectivity index (χ0) is 15.5. The molecule has 1 aromatic carbocycles. The molecule has 0 aromatic heterocycles. The summed E-state index contributed by atoms with van der Waals surface area (Å²) < 4.78 is 5.43. The molecule has 0 heterocycles. The first-order chi connectivity index (χ1) is 10.2. The fraction of sp³-hybridized carbons (Fsp3) is 0.471. The van der Waals surface area contributed by atoms with Gasteiger partial charge in [0, 0.05) is 20.0 Å². The molecule has 0 aliphatic heterocycles. The average molecular weight is 290 g/mol. The summed E-state index contributed by atoms with van der Waals surface area (Å²) >= 11 is 0. The van der Waals surface area contributed by atoms with Crippen molar-refractivity contribution in [2.75, 3.05) is 20.2 Å². The maximum Gasteiger partial charge on any atom is 0.222 e. The summed E-state index contributed by atoms with van der Waals surface area (Å²) in [5.74, 6) is 0.994. The molecule has 1 aromatic rings. The minimum absolute atomic E-state index is 0.180. The Morgan fingerprint density at radius 3 is 2.62 bits per heavy atom. The highest BCUT2D eigenvalue weighted by molar-refractivity contribution is 5.75. The van der Waals surface area contributed by atoms with Crippen LogP contribution in [0.4, 0.5) is 0 Å². The summed E-state index contributed by atoms with van der Waals surface area (Å²) in [5, 5.41) is 0. The summed E-state index contributed by atoms with van der Waals surface area (Å²) in [6.45, 7) is 5.43. The van der Waals surface area contributed by atoms with Crippen LogP contribution in [0.25, 0.3) is 0 Å². The third kappa shape index (κ3) is 6.95. The summed E-state index contributed by atoms with van der Waals surface area (Å²) in [6.07, 6.45) is 5.23. The first kappa shape index (κ1) is 17.2. The van der Waals surface area contributed by atoms with Crippen LogP contribution in [0, 0.1) is 0 Å². The van der Waals surface area contributed by atoms with E-state index in [-0.39, 0.29) is 5.91 Å². The molecule has 0 saturated carbocycles. The van der Waals surface area contributed by atoms with Crippen molar-refractivity contribution in [1.82, 2.24) is 4.90 Å². The Hall–Kier alpha value is -1.81. The van der Waals surface area contributed by atoms with Crippen molar-refractivity contribution in [1.29, 1.82) is 0 Å². The first-order valence-corrected chi connectivity index (χ1v) is 7.44. The summed E-state index contributed by atoms with van der Waals surface area (Å²) in [7, 11) is 1.84. The smallest absolute Gasteiger partial charge is 0.222 e. The summed E-state index contributed by atoms with van der Waals surface area (Å²) in [6, 6.07) is 7.80. The van der Waals surface area contributed by atoms with Gasteiger partial charge in [-0.1, -0.05) is 31.2 Å². The van der Waals surface area contributed by atoms with Crippen molar-refractivity contribution in [2.24, 2.45) is 5.73 Å². The van der Waals surface area contributed by atoms with Crippen LogP contribution in [0.15, 0.2) is 36.9 Å². The second kappa shape index (κ2) is 10.00. The second-order valence-electron chi connectivity index (χ2n) is 5.09. The number of rotatable bonds is 10. The SMILES string of the molecule is C=CCOc1ccc(CN(C)C(=O)CCCCCN)cc1. The van der Waals surface area contributed by atoms with Crippen molar-refractivity contribution in [2.45, 2.75) is 32.2 Å². The van der Waals surface area contributed by atoms with Gasteiger partial charge in [0.05, 0.1) is 0 Å². The van der Waals surface area contributed by atoms with E-state index >= 15 is 0 Å². The van der Waals surface area contributed by atoms with Crippen molar-refractivity contribution in [3.8, 4) is 5.75 Å². The average Bonchev–Trinajstić information content (AvgIpc) is 2.50. The molecule has 0 fully saturated rings. The first-order valence-electron chi connectivity index (χ1n) is 7.44. The Morgan fingerprint density at radius 2 is 2.00 bits per heavy atom. The second-order valence-corrected chi connectivity index (χ2v) is 5.09. The van der Waals surface area contributed by atoms with E-state index in [0.717, 1.165) is 30.6 Å². The lowest BCUT2D eigenvalue weighted by Crippen LogP contribution is -2.25. The van der Waals surface area contributed by atoms with E-state index in [1.54, 1.807) is 11.0 Å². The third-order valence-electron chi connectivity index (χ3n) is 3.23. The van der Waals surface area contributed by atoms with Gasteiger partial charge in [0.15, 0.2) is 0 Å². The van der Waals surface area contributed by atoms with E-state index in [4.69, 9.17) is 10.5 Å². The van der Waals surface area contributed by atoms with Gasteiger partial charge in [-0.25, -0.2) is 0 Å². The third-order valence-corrected chi connectivity index (χ3v) is 3.23. The normalized spacial score (nSPS) is 10.2. The number of unbranched alkanes of at least 4 members (excludes halogenated alkanes) is 2. The van der Waals surface area contributed by atoms with E-state index < -0.39 is 0 Å². The molecule has 0 aliphatic carbocycles. The van der Waals surface area contributed by atoms with Crippen LogP contribution in [0.5, 0.6) is 5.75 Å². The number of ether oxygens (including phenoxy) is 1. The van der Waals surface area contributed by atoms with Crippen molar-refractivity contribution < 1.29 is 9.53 Å². The van der Waals surface area contributed by atoms with Crippen molar-refractivity contribution in [3.05, 3.63) is 42.5 Å². The maximum atomic E-state index is 12.0. The molecule has 2 N–H and O–H groups in total. The molecule has 0 bridgehead atoms. The molecule has 0 atom stereocenters. The lowest BCUT2D eigenvalue weighted by Gasteiger charge is -2.17. The number of carbonyl (C=O) groups excluding carboxylic acids is 1. The Morgan fingerprint density at radius 1 is 1.29 bits per heavy atom. The molecular weight excluding hydrogens is 264 g/mol. The summed E-state index contributed by atoms with van der Waals surface area (Å²) in [4.78, 5) is 13.7. The molecule has 116 valence electrons. The van der Waals surface area contributed by atoms with Crippen LogP contribution in [0.3, 0.4) is 0 Å². The molecule has 0 saturated heterocycles. The highest BCUT2D eigenvalue weighted by Crippen LogP contribution is 2.14. The molecule has 4 heteroatoms. The number of nitrogens with two attached hydrogens (primary N) is 1. The largest absolute Gasteiger partial charge is 0.490 e. The Kier molecular flexibility index (Phi) is 8.21. The van der Waals surface area contributed by atoms with Crippen LogP contribution >= 0.6 is 0 Å². The van der Waals surface area contributed by atoms with Gasteiger partial charge in [-0.05, 0) is 37.1 Å². The lowest BCUT2D eigenvalue weighted by molar-refractivity contribution is -0.130. The van der Waals surface area contributed by atoms with E-state index in [0.29, 0.717) is 26.1 Å². The van der Waals surface area contributed by atoms with Crippen LogP contribution in [0.2, 0.25) is 0 Å². The monoisotopic (exact) mass is 290 g/mol. The number of amides is 1. The fourth-order valence-electron chi connectivity index (χ4n) is 2.00. The van der Waals surface area contributed by atoms with E-state index in [1.807, 2.05) is 31.3 Å². The number of hydrogen-bond acceptors (Lipinski definition) is 3. The van der Waals surface area contributed by atoms with Crippen LogP contribution < -0.4 is 10.5 Å². The van der Waals surface area contributed by atoms with Crippen LogP contribution in [0.1, 0.15) is 31.2 Å². The highest BCUT2D eigenvalue weighted by Gasteiger charge is 2.08. The Balaban J connectivity index is 2.37. The molecule has 1 rings (SSSR count). The van der Waals surface area contributed by atoms with Gasteiger partial charge < -0.3 is 15.4 Å². The predicted molar refractivity (Wildman–Crippen MR) is 86.1 cm³/mol. The Bertz CT molecular complexity index is 429. The topological polar surface area (TPSA) is 55.6 Å². The zero-order valence-corrected chi connectivity index (χ0v) is 12.9. The molecule has 0 aliphatic rings. The van der Waals surface area contributed by atoms with Gasteiger partial charge in [0.25, 0.3) is 0 Å². The van der Waals surface area contributed by atoms with Gasteiger partial charge >= 0.3 is 0 Å². The van der Waals surface area contributed by atoms with E-state index in [9.17, 15) is 4.79 Å². The zero-order valence-electron chi connectivity index (χ0n) is 12.9. The van der Waals surface area contributed by atoms with Crippen LogP contribution in [-0.4, -0.2) is 31.0 Å². The lowest BCUT2D eigenvalue weighted by atomic mass is 10.1. The van der Waals surface area contributed by atoms with Gasteiger partial charge in [0.2, 0.25) is 5.91 Å². The van der Waals surface area contributed by atoms with E-state index in [1.165, 1.54) is 0 Å². The molecule has 4 nitrogen and oxygen atoms in total. The standard InChI is InChI=1S/C17H26N2O2/c1-3-13-21-16-10-8-15(9-11-16)14-19(2)17(20)7-5-4-6-12-18/h3,8-11H,1,4-7,12-14,18H2,2H3. The predicted octanol–water partition coefficient (Wildman–Crippen LogP) is 2.73. The maximum absolute atomic E-state index is 12.0. The Labute approximate surface area is 127 Å². The van der Waals surface area contributed by atoms with Crippen molar-refractivity contribution in [3.63, 3.8) is 0 Å². The number of hydrogen-bond donors (Lipinski definition) is 1. The van der Waals surface area contributed by atoms with E-state index in [2.05, 4.69) is 6.58 Å². The molecule has 0 radical (unpaired) electrons. The highest BCUT2D eigenvalue weighted by atomic mass is 16.5. The molecule has 0 spiro atoms. The molecule has 0 unspecified atom stereocenters. The number of carbonyl (C=O) groups is 1. The summed E-state index contributed by atoms with van der Waals surface area (Å²) in [5.41, 5.74) is 6.54. The van der Waals surface area contributed by atoms with Crippen molar-refractivity contribution >= 4 is 5.91 Å². The van der Waals surface area contributed by atoms with Gasteiger partial charge in [-0.2, -0.15) is 0 Å². The van der Waals surface area contributed by atoms with Gasteiger partial charge in [-0.15, -0.1) is 0 Å². The van der Waals surface area contributed by atoms with Gasteiger partial charge in [0.1, 0.15) is 12.4 Å². The molecule has 1 amide bonds. The fourth-order valence-corrected chi connectivity index (χ4v) is 2.00. The number of nitrogens with zero attached hydrogens (tertiary/aromatic N) is 1. The minimum atomic E-state index is 0.180. The molecule has 21 heavy (non-hydrogen) atoms.